The molecule has 240 valence electrons. The van der Waals surface area contributed by atoms with Gasteiger partial charge < -0.3 is 19.4 Å². The maximum atomic E-state index is 14.2. The number of anilines is 1. The average Bonchev–Trinajstić information content (AvgIpc) is 3.53. The van der Waals surface area contributed by atoms with Gasteiger partial charge in [0, 0.05) is 28.4 Å². The number of aromatic nitrogens is 2. The van der Waals surface area contributed by atoms with Crippen molar-refractivity contribution < 1.29 is 23.5 Å². The van der Waals surface area contributed by atoms with Crippen molar-refractivity contribution in [3.8, 4) is 5.75 Å². The van der Waals surface area contributed by atoms with Gasteiger partial charge in [0.25, 0.3) is 5.56 Å². The first-order valence-corrected chi connectivity index (χ1v) is 16.0. The molecule has 1 N–H and O–H groups in total. The van der Waals surface area contributed by atoms with Crippen molar-refractivity contribution in [2.24, 2.45) is 4.99 Å². The van der Waals surface area contributed by atoms with E-state index < -0.39 is 12.0 Å². The number of hydrogen-bond acceptors (Lipinski definition) is 7. The number of benzene rings is 3. The molecule has 3 aromatic carbocycles. The first-order valence-electron chi connectivity index (χ1n) is 15.2. The molecule has 0 saturated carbocycles. The second kappa shape index (κ2) is 13.2. The Labute approximate surface area is 273 Å². The molecule has 1 aliphatic heterocycles. The van der Waals surface area contributed by atoms with Crippen LogP contribution >= 0.6 is 11.3 Å². The topological polar surface area (TPSA) is 104 Å². The Kier molecular flexibility index (Phi) is 8.91. The largest absolute Gasteiger partial charge is 0.494 e. The van der Waals surface area contributed by atoms with E-state index in [9.17, 15) is 18.8 Å². The number of halogens is 1. The Morgan fingerprint density at radius 1 is 1.06 bits per heavy atom. The van der Waals surface area contributed by atoms with Crippen LogP contribution in [0.25, 0.3) is 17.0 Å². The van der Waals surface area contributed by atoms with Crippen LogP contribution < -0.4 is 24.9 Å². The molecule has 9 nitrogen and oxygen atoms in total. The van der Waals surface area contributed by atoms with Gasteiger partial charge in [0.2, 0.25) is 5.91 Å². The van der Waals surface area contributed by atoms with Gasteiger partial charge in [-0.05, 0) is 81.8 Å². The summed E-state index contributed by atoms with van der Waals surface area (Å²) in [5.41, 5.74) is 3.23. The molecular weight excluding hydrogens is 619 g/mol. The van der Waals surface area contributed by atoms with Crippen LogP contribution in [0.15, 0.2) is 100 Å². The van der Waals surface area contributed by atoms with Crippen molar-refractivity contribution in [2.75, 3.05) is 11.9 Å². The normalized spacial score (nSPS) is 14.7. The number of amides is 1. The molecule has 5 aromatic rings. The molecule has 0 fully saturated rings. The Morgan fingerprint density at radius 2 is 1.79 bits per heavy atom. The molecule has 0 spiro atoms. The van der Waals surface area contributed by atoms with Gasteiger partial charge in [-0.2, -0.15) is 0 Å². The lowest BCUT2D eigenvalue weighted by molar-refractivity contribution is -0.143. The van der Waals surface area contributed by atoms with Gasteiger partial charge in [-0.1, -0.05) is 41.7 Å². The molecule has 0 radical (unpaired) electrons. The van der Waals surface area contributed by atoms with Crippen LogP contribution in [0.3, 0.4) is 0 Å². The van der Waals surface area contributed by atoms with Gasteiger partial charge in [0.05, 0.1) is 34.6 Å². The second-order valence-corrected chi connectivity index (χ2v) is 12.3. The monoisotopic (exact) mass is 652 g/mol. The van der Waals surface area contributed by atoms with Gasteiger partial charge in [0.15, 0.2) is 4.80 Å². The van der Waals surface area contributed by atoms with Crippen molar-refractivity contribution in [1.29, 1.82) is 0 Å². The van der Waals surface area contributed by atoms with Gasteiger partial charge in [-0.25, -0.2) is 14.2 Å². The summed E-state index contributed by atoms with van der Waals surface area (Å²) >= 11 is 1.23. The molecule has 1 amide bonds. The average molecular weight is 653 g/mol. The van der Waals surface area contributed by atoms with Gasteiger partial charge in [-0.3, -0.25) is 14.2 Å². The number of nitrogens with one attached hydrogen (secondary N) is 1. The minimum Gasteiger partial charge on any atom is -0.494 e. The highest BCUT2D eigenvalue weighted by Gasteiger charge is 2.34. The lowest BCUT2D eigenvalue weighted by Crippen LogP contribution is -2.40. The zero-order valence-corrected chi connectivity index (χ0v) is 27.1. The summed E-state index contributed by atoms with van der Waals surface area (Å²) in [5.74, 6) is -0.522. The van der Waals surface area contributed by atoms with Crippen LogP contribution in [0.2, 0.25) is 0 Å². The van der Waals surface area contributed by atoms with Crippen molar-refractivity contribution in [3.05, 3.63) is 127 Å². The third-order valence-electron chi connectivity index (χ3n) is 7.64. The number of fused-ring (bicyclic) bond motifs is 2. The third-order valence-corrected chi connectivity index (χ3v) is 8.62. The highest BCUT2D eigenvalue weighted by Crippen LogP contribution is 2.32. The quantitative estimate of drug-likeness (QED) is 0.217. The van der Waals surface area contributed by atoms with E-state index in [0.29, 0.717) is 38.6 Å². The highest BCUT2D eigenvalue weighted by atomic mass is 32.1. The molecule has 47 heavy (non-hydrogen) atoms. The minimum atomic E-state index is -0.758. The molecular formula is C36H33FN4O5S. The molecule has 0 aliphatic carbocycles. The Balaban J connectivity index is 1.42. The molecule has 2 aromatic heterocycles. The van der Waals surface area contributed by atoms with Crippen LogP contribution in [0, 0.1) is 5.82 Å². The summed E-state index contributed by atoms with van der Waals surface area (Å²) in [6.45, 7) is 7.72. The zero-order chi connectivity index (χ0) is 33.2. The van der Waals surface area contributed by atoms with E-state index >= 15 is 0 Å². The van der Waals surface area contributed by atoms with Gasteiger partial charge in [0.1, 0.15) is 18.1 Å². The lowest BCUT2D eigenvalue weighted by Gasteiger charge is -2.25. The number of para-hydroxylation sites is 1. The molecule has 1 atom stereocenters. The SMILES string of the molecule is CCOc1ccc([C@H]2C(C(=O)OC(C)C)=C(C)N=c3s/c(=C/c4cn(CC(=O)Nc5ccc(F)cc5)c5ccccc45)c(=O)n32)cc1. The summed E-state index contributed by atoms with van der Waals surface area (Å²) < 4.78 is 28.3. The highest BCUT2D eigenvalue weighted by molar-refractivity contribution is 7.07. The van der Waals surface area contributed by atoms with Crippen molar-refractivity contribution in [1.82, 2.24) is 9.13 Å². The van der Waals surface area contributed by atoms with E-state index in [2.05, 4.69) is 10.3 Å². The fourth-order valence-electron chi connectivity index (χ4n) is 5.64. The maximum absolute atomic E-state index is 14.2. The van der Waals surface area contributed by atoms with Crippen LogP contribution in [-0.4, -0.2) is 33.7 Å². The fraction of sp³-hybridized carbons (Fsp3) is 0.222. The number of thiazole rings is 1. The Hall–Kier alpha value is -5.29. The first-order chi connectivity index (χ1) is 22.6. The molecule has 11 heteroatoms. The van der Waals surface area contributed by atoms with Crippen LogP contribution in [0.5, 0.6) is 5.75 Å². The third kappa shape index (κ3) is 6.52. The van der Waals surface area contributed by atoms with Gasteiger partial charge >= 0.3 is 5.97 Å². The summed E-state index contributed by atoms with van der Waals surface area (Å²) in [5, 5.41) is 3.65. The minimum absolute atomic E-state index is 0.00520. The molecule has 0 bridgehead atoms. The molecule has 1 aliphatic rings. The molecule has 0 unspecified atom stereocenters. The summed E-state index contributed by atoms with van der Waals surface area (Å²) in [7, 11) is 0. The van der Waals surface area contributed by atoms with E-state index in [1.807, 2.05) is 66.2 Å². The van der Waals surface area contributed by atoms with Crippen LogP contribution in [-0.2, 0) is 20.9 Å². The summed E-state index contributed by atoms with van der Waals surface area (Å²) in [4.78, 5) is 45.7. The van der Waals surface area contributed by atoms with Crippen molar-refractivity contribution in [3.63, 3.8) is 0 Å². The Bertz CT molecular complexity index is 2190. The van der Waals surface area contributed by atoms with Crippen molar-refractivity contribution in [2.45, 2.75) is 46.4 Å². The zero-order valence-electron chi connectivity index (χ0n) is 26.3. The number of ether oxygens (including phenoxy) is 2. The number of esters is 1. The number of allylic oxidation sites excluding steroid dienone is 1. The predicted molar refractivity (Wildman–Crippen MR) is 180 cm³/mol. The van der Waals surface area contributed by atoms with E-state index in [1.165, 1.54) is 35.6 Å². The second-order valence-electron chi connectivity index (χ2n) is 11.3. The Morgan fingerprint density at radius 3 is 2.49 bits per heavy atom. The van der Waals surface area contributed by atoms with E-state index in [0.717, 1.165) is 22.0 Å². The van der Waals surface area contributed by atoms with Crippen LogP contribution in [0.4, 0.5) is 10.1 Å². The van der Waals surface area contributed by atoms with E-state index in [4.69, 9.17) is 9.47 Å². The van der Waals surface area contributed by atoms with E-state index in [-0.39, 0.29) is 29.9 Å². The fourth-order valence-corrected chi connectivity index (χ4v) is 6.68. The smallest absolute Gasteiger partial charge is 0.338 e. The molecule has 3 heterocycles. The molecule has 6 rings (SSSR count). The number of carbonyl (C=O) groups excluding carboxylic acids is 2. The van der Waals surface area contributed by atoms with Crippen LogP contribution in [0.1, 0.15) is 44.9 Å². The maximum Gasteiger partial charge on any atom is 0.338 e. The summed E-state index contributed by atoms with van der Waals surface area (Å²) in [6.07, 6.45) is 3.26. The van der Waals surface area contributed by atoms with Crippen molar-refractivity contribution >= 4 is 45.9 Å². The summed E-state index contributed by atoms with van der Waals surface area (Å²) in [6, 6.07) is 19.8. The molecule has 0 saturated heterocycles. The number of carbonyl (C=O) groups is 2. The number of nitrogens with zero attached hydrogens (tertiary/aromatic N) is 3. The van der Waals surface area contributed by atoms with Gasteiger partial charge in [-0.15, -0.1) is 0 Å². The standard InChI is InChI=1S/C36H33FN4O5S/c1-5-45-27-16-10-23(11-17-27)33-32(35(44)46-21(2)3)22(4)38-36-41(33)34(43)30(47-36)18-24-19-40(29-9-7-6-8-28(24)29)20-31(42)39-26-14-12-25(37)13-15-26/h6-19,21,33H,5,20H2,1-4H3,(H,39,42)/b30-18+/t33-/m0/s1. The number of rotatable bonds is 9. The lowest BCUT2D eigenvalue weighted by atomic mass is 9.96. The first kappa shape index (κ1) is 31.7. The predicted octanol–water partition coefficient (Wildman–Crippen LogP) is 5.32. The van der Waals surface area contributed by atoms with E-state index in [1.54, 1.807) is 31.4 Å². The number of hydrogen-bond donors (Lipinski definition) is 1.